The summed E-state index contributed by atoms with van der Waals surface area (Å²) in [6, 6.07) is 9.98. The summed E-state index contributed by atoms with van der Waals surface area (Å²) in [4.78, 5) is 20.5. The number of nitrogens with one attached hydrogen (secondary N) is 1. The Balaban J connectivity index is 0.00000145. The van der Waals surface area contributed by atoms with E-state index in [0.29, 0.717) is 18.8 Å². The lowest BCUT2D eigenvalue weighted by Gasteiger charge is -2.19. The minimum absolute atomic E-state index is 0.392. The number of nitrogens with zero attached hydrogens (tertiary/aromatic N) is 1. The average molecular weight is 400 g/mol. The van der Waals surface area contributed by atoms with Crippen molar-refractivity contribution < 1.29 is 18.7 Å². The average Bonchev–Trinajstić information content (AvgIpc) is 3.07. The van der Waals surface area contributed by atoms with E-state index in [4.69, 9.17) is 9.47 Å². The van der Waals surface area contributed by atoms with Gasteiger partial charge in [0.15, 0.2) is 0 Å². The first-order valence-electron chi connectivity index (χ1n) is 9.59. The fourth-order valence-corrected chi connectivity index (χ4v) is 3.19. The molecule has 29 heavy (non-hydrogen) atoms. The molecule has 0 fully saturated rings. The van der Waals surface area contributed by atoms with E-state index in [1.165, 1.54) is 5.56 Å². The molecule has 3 rings (SSSR count). The number of esters is 1. The lowest BCUT2D eigenvalue weighted by atomic mass is 10.00. The van der Waals surface area contributed by atoms with E-state index in [2.05, 4.69) is 29.0 Å². The number of benzene rings is 1. The van der Waals surface area contributed by atoms with Gasteiger partial charge in [0, 0.05) is 28.2 Å². The van der Waals surface area contributed by atoms with E-state index in [1.807, 2.05) is 39.0 Å². The molecule has 0 aliphatic rings. The number of methoxy groups -OCH3 is 1. The summed E-state index contributed by atoms with van der Waals surface area (Å²) >= 11 is 0. The van der Waals surface area contributed by atoms with Gasteiger partial charge in [-0.1, -0.05) is 19.4 Å². The number of aromatic amines is 1. The minimum Gasteiger partial charge on any atom is -0.481 e. The Morgan fingerprint density at radius 2 is 1.93 bits per heavy atom. The predicted molar refractivity (Wildman–Crippen MR) is 114 cm³/mol. The van der Waals surface area contributed by atoms with Crippen LogP contribution in [-0.4, -0.2) is 35.8 Å². The van der Waals surface area contributed by atoms with Crippen molar-refractivity contribution in [2.75, 3.05) is 14.3 Å². The lowest BCUT2D eigenvalue weighted by molar-refractivity contribution is 0.00648. The SMILES string of the molecule is CCCc1ccc2[nH]c(C(=O)OC(C)(C)C)c(-c3cccnc3OC)c2c1.CF. The van der Waals surface area contributed by atoms with Crippen molar-refractivity contribution in [3.05, 3.63) is 47.8 Å². The van der Waals surface area contributed by atoms with Crippen LogP contribution in [0.3, 0.4) is 0 Å². The Labute approximate surface area is 171 Å². The number of fused-ring (bicyclic) bond motifs is 1. The van der Waals surface area contributed by atoms with Gasteiger partial charge >= 0.3 is 5.97 Å². The molecule has 0 saturated carbocycles. The van der Waals surface area contributed by atoms with Crippen LogP contribution in [0.4, 0.5) is 4.39 Å². The summed E-state index contributed by atoms with van der Waals surface area (Å²) in [6.07, 6.45) is 3.71. The number of H-pyrrole nitrogens is 1. The molecular weight excluding hydrogens is 371 g/mol. The highest BCUT2D eigenvalue weighted by Gasteiger charge is 2.26. The summed E-state index contributed by atoms with van der Waals surface area (Å²) in [6.45, 7) is 7.73. The van der Waals surface area contributed by atoms with Crippen LogP contribution in [0, 0.1) is 0 Å². The van der Waals surface area contributed by atoms with Gasteiger partial charge in [-0.25, -0.2) is 9.78 Å². The van der Waals surface area contributed by atoms with Gasteiger partial charge in [0.25, 0.3) is 0 Å². The van der Waals surface area contributed by atoms with E-state index in [9.17, 15) is 9.18 Å². The Hall–Kier alpha value is -2.89. The fourth-order valence-electron chi connectivity index (χ4n) is 3.19. The Bertz CT molecular complexity index is 974. The zero-order valence-electron chi connectivity index (χ0n) is 17.9. The maximum Gasteiger partial charge on any atom is 0.355 e. The van der Waals surface area contributed by atoms with E-state index in [-0.39, 0.29) is 0 Å². The molecule has 0 saturated heterocycles. The number of halogens is 1. The topological polar surface area (TPSA) is 64.2 Å². The smallest absolute Gasteiger partial charge is 0.355 e. The predicted octanol–water partition coefficient (Wildman–Crippen LogP) is 5.73. The van der Waals surface area contributed by atoms with Crippen molar-refractivity contribution >= 4 is 16.9 Å². The highest BCUT2D eigenvalue weighted by molar-refractivity contribution is 6.09. The number of rotatable bonds is 5. The first kappa shape index (κ1) is 22.4. The third-order valence-electron chi connectivity index (χ3n) is 4.24. The second-order valence-corrected chi connectivity index (χ2v) is 7.57. The molecule has 0 atom stereocenters. The van der Waals surface area contributed by atoms with Crippen molar-refractivity contribution in [3.8, 4) is 17.0 Å². The van der Waals surface area contributed by atoms with Crippen molar-refractivity contribution in [1.29, 1.82) is 0 Å². The van der Waals surface area contributed by atoms with Gasteiger partial charge in [-0.15, -0.1) is 0 Å². The molecule has 0 spiro atoms. The number of aromatic nitrogens is 2. The Morgan fingerprint density at radius 3 is 2.55 bits per heavy atom. The van der Waals surface area contributed by atoms with E-state index >= 15 is 0 Å². The van der Waals surface area contributed by atoms with Crippen LogP contribution in [0.5, 0.6) is 5.88 Å². The largest absolute Gasteiger partial charge is 0.481 e. The minimum atomic E-state index is -0.585. The van der Waals surface area contributed by atoms with Crippen LogP contribution in [0.25, 0.3) is 22.0 Å². The van der Waals surface area contributed by atoms with Gasteiger partial charge in [0.05, 0.1) is 14.3 Å². The van der Waals surface area contributed by atoms with Crippen molar-refractivity contribution in [3.63, 3.8) is 0 Å². The molecular formula is C23H29FN2O3. The molecule has 0 aliphatic heterocycles. The molecule has 2 aromatic heterocycles. The quantitative estimate of drug-likeness (QED) is 0.555. The lowest BCUT2D eigenvalue weighted by Crippen LogP contribution is -2.24. The number of aryl methyl sites for hydroxylation is 1. The molecule has 156 valence electrons. The van der Waals surface area contributed by atoms with Crippen LogP contribution in [0.1, 0.15) is 50.2 Å². The number of ether oxygens (including phenoxy) is 2. The van der Waals surface area contributed by atoms with Crippen molar-refractivity contribution in [2.24, 2.45) is 0 Å². The molecule has 3 aromatic rings. The maximum atomic E-state index is 12.9. The third-order valence-corrected chi connectivity index (χ3v) is 4.24. The van der Waals surface area contributed by atoms with Gasteiger partial charge in [-0.3, -0.25) is 4.39 Å². The summed E-state index contributed by atoms with van der Waals surface area (Å²) in [5, 5.41) is 0.966. The van der Waals surface area contributed by atoms with Gasteiger partial charge < -0.3 is 14.5 Å². The summed E-state index contributed by atoms with van der Waals surface area (Å²) in [5.41, 5.74) is 3.47. The van der Waals surface area contributed by atoms with Gasteiger partial charge in [0.2, 0.25) is 5.88 Å². The van der Waals surface area contributed by atoms with Crippen LogP contribution in [0.15, 0.2) is 36.5 Å². The van der Waals surface area contributed by atoms with Gasteiger partial charge in [0.1, 0.15) is 11.3 Å². The number of pyridine rings is 1. The summed E-state index contributed by atoms with van der Waals surface area (Å²) in [7, 11) is 2.08. The first-order valence-corrected chi connectivity index (χ1v) is 9.59. The molecule has 0 unspecified atom stereocenters. The number of carbonyl (C=O) groups is 1. The number of alkyl halides is 1. The standard InChI is InChI=1S/C22H26N2O3.CH3F/c1-6-8-14-10-11-17-16(13-14)18(15-9-7-12-23-20(15)26-5)19(24-17)21(25)27-22(2,3)4;1-2/h7,9-13,24H,6,8H2,1-5H3;1H3. The Morgan fingerprint density at radius 1 is 1.21 bits per heavy atom. The van der Waals surface area contributed by atoms with Gasteiger partial charge in [-0.05, 0) is 57.0 Å². The van der Waals surface area contributed by atoms with E-state index < -0.39 is 11.6 Å². The highest BCUT2D eigenvalue weighted by atomic mass is 19.1. The van der Waals surface area contributed by atoms with Gasteiger partial charge in [-0.2, -0.15) is 0 Å². The van der Waals surface area contributed by atoms with Crippen LogP contribution >= 0.6 is 0 Å². The zero-order valence-corrected chi connectivity index (χ0v) is 17.9. The molecule has 0 radical (unpaired) electrons. The van der Waals surface area contributed by atoms with Crippen molar-refractivity contribution in [2.45, 2.75) is 46.1 Å². The molecule has 1 aromatic carbocycles. The fraction of sp³-hybridized carbons (Fsp3) is 0.391. The monoisotopic (exact) mass is 400 g/mol. The van der Waals surface area contributed by atoms with Crippen molar-refractivity contribution in [1.82, 2.24) is 9.97 Å². The van der Waals surface area contributed by atoms with Crippen LogP contribution < -0.4 is 4.74 Å². The molecule has 6 heteroatoms. The molecule has 0 amide bonds. The number of hydrogen-bond donors (Lipinski definition) is 1. The normalized spacial score (nSPS) is 11.0. The zero-order chi connectivity index (χ0) is 21.6. The van der Waals surface area contributed by atoms with Crippen LogP contribution in [0.2, 0.25) is 0 Å². The Kier molecular flexibility index (Phi) is 7.37. The summed E-state index contributed by atoms with van der Waals surface area (Å²) in [5.74, 6) is 0.0840. The second kappa shape index (κ2) is 9.54. The highest BCUT2D eigenvalue weighted by Crippen LogP contribution is 2.38. The number of carbonyl (C=O) groups excluding carboxylic acids is 1. The second-order valence-electron chi connectivity index (χ2n) is 7.57. The third kappa shape index (κ3) is 5.13. The molecule has 5 nitrogen and oxygen atoms in total. The maximum absolute atomic E-state index is 12.9. The molecule has 0 bridgehead atoms. The first-order chi connectivity index (χ1) is 13.8. The van der Waals surface area contributed by atoms with E-state index in [0.717, 1.165) is 34.9 Å². The van der Waals surface area contributed by atoms with Crippen LogP contribution in [-0.2, 0) is 11.2 Å². The number of hydrogen-bond acceptors (Lipinski definition) is 4. The summed E-state index contributed by atoms with van der Waals surface area (Å²) < 4.78 is 20.6. The molecule has 2 heterocycles. The van der Waals surface area contributed by atoms with E-state index in [1.54, 1.807) is 13.3 Å². The molecule has 0 aliphatic carbocycles. The molecule has 1 N–H and O–H groups in total.